The summed E-state index contributed by atoms with van der Waals surface area (Å²) in [6.45, 7) is 2.97. The molecule has 0 radical (unpaired) electrons. The number of hydrogen-bond acceptors (Lipinski definition) is 5. The lowest BCUT2D eigenvalue weighted by Gasteiger charge is -2.47. The molecular weight excluding hydrogens is 442 g/mol. The number of piperidine rings is 1. The van der Waals surface area contributed by atoms with Crippen LogP contribution in [0, 0.1) is 12.8 Å². The van der Waals surface area contributed by atoms with Gasteiger partial charge in [-0.05, 0) is 43.4 Å². The zero-order valence-corrected chi connectivity index (χ0v) is 19.9. The van der Waals surface area contributed by atoms with Crippen molar-refractivity contribution in [3.8, 4) is 11.1 Å². The van der Waals surface area contributed by atoms with Gasteiger partial charge in [0.15, 0.2) is 0 Å². The van der Waals surface area contributed by atoms with Crippen molar-refractivity contribution in [3.05, 3.63) is 70.3 Å². The Balaban J connectivity index is 1.33. The van der Waals surface area contributed by atoms with Crippen LogP contribution in [0.15, 0.2) is 62.4 Å². The van der Waals surface area contributed by atoms with E-state index in [2.05, 4.69) is 0 Å². The van der Waals surface area contributed by atoms with Crippen molar-refractivity contribution in [1.29, 1.82) is 0 Å². The number of rotatable bonds is 3. The van der Waals surface area contributed by atoms with Gasteiger partial charge >= 0.3 is 5.63 Å². The number of carbonyl (C=O) groups excluding carboxylic acids is 1. The van der Waals surface area contributed by atoms with Crippen LogP contribution < -0.4 is 5.63 Å². The first kappa shape index (κ1) is 22.1. The molecule has 35 heavy (non-hydrogen) atoms. The van der Waals surface area contributed by atoms with Gasteiger partial charge in [0.2, 0.25) is 5.91 Å². The van der Waals surface area contributed by atoms with Crippen LogP contribution in [0.4, 0.5) is 0 Å². The predicted molar refractivity (Wildman–Crippen MR) is 134 cm³/mol. The number of likely N-dealkylation sites (tertiary alicyclic amines) is 1. The van der Waals surface area contributed by atoms with Crippen LogP contribution in [0.25, 0.3) is 33.1 Å². The van der Waals surface area contributed by atoms with E-state index in [0.717, 1.165) is 53.1 Å². The van der Waals surface area contributed by atoms with Gasteiger partial charge in [-0.15, -0.1) is 0 Å². The Labute approximate surface area is 203 Å². The molecule has 1 aliphatic heterocycles. The van der Waals surface area contributed by atoms with Gasteiger partial charge in [0.25, 0.3) is 0 Å². The number of furan rings is 1. The molecule has 1 N–H and O–H groups in total. The molecule has 6 rings (SSSR count). The van der Waals surface area contributed by atoms with Crippen LogP contribution in [0.3, 0.4) is 0 Å². The monoisotopic (exact) mass is 471 g/mol. The molecule has 0 spiro atoms. The number of carbonyl (C=O) groups is 1. The molecule has 4 aromatic rings. The summed E-state index contributed by atoms with van der Waals surface area (Å²) in [7, 11) is 0. The molecule has 6 nitrogen and oxygen atoms in total. The van der Waals surface area contributed by atoms with E-state index in [1.54, 1.807) is 12.3 Å². The first-order chi connectivity index (χ1) is 16.9. The van der Waals surface area contributed by atoms with E-state index in [-0.39, 0.29) is 18.2 Å². The number of aliphatic hydroxyl groups is 1. The third-order valence-corrected chi connectivity index (χ3v) is 8.17. The molecule has 1 aliphatic carbocycles. The third kappa shape index (κ3) is 3.76. The Morgan fingerprint density at radius 3 is 2.77 bits per heavy atom. The van der Waals surface area contributed by atoms with Crippen LogP contribution in [0.1, 0.15) is 43.2 Å². The zero-order valence-electron chi connectivity index (χ0n) is 19.9. The topological polar surface area (TPSA) is 83.9 Å². The van der Waals surface area contributed by atoms with Gasteiger partial charge in [0.1, 0.15) is 11.2 Å². The van der Waals surface area contributed by atoms with E-state index in [1.807, 2.05) is 48.2 Å². The molecule has 2 aromatic heterocycles. The molecule has 0 unspecified atom stereocenters. The molecule has 1 saturated heterocycles. The molecule has 1 saturated carbocycles. The second-order valence-electron chi connectivity index (χ2n) is 10.2. The minimum atomic E-state index is -0.640. The largest absolute Gasteiger partial charge is 0.464 e. The van der Waals surface area contributed by atoms with Crippen molar-refractivity contribution < 1.29 is 18.7 Å². The van der Waals surface area contributed by atoms with Crippen molar-refractivity contribution in [2.24, 2.45) is 5.92 Å². The fourth-order valence-corrected chi connectivity index (χ4v) is 6.02. The highest BCUT2D eigenvalue weighted by molar-refractivity contribution is 6.02. The Hall–Kier alpha value is -3.38. The smallest absolute Gasteiger partial charge is 0.340 e. The number of fused-ring (bicyclic) bond motifs is 3. The second kappa shape index (κ2) is 8.38. The molecule has 3 heterocycles. The van der Waals surface area contributed by atoms with Crippen molar-refractivity contribution in [2.45, 2.75) is 51.0 Å². The zero-order chi connectivity index (χ0) is 24.2. The maximum Gasteiger partial charge on any atom is 0.340 e. The molecule has 6 heteroatoms. The molecular formula is C29H29NO5. The second-order valence-corrected chi connectivity index (χ2v) is 10.2. The number of amides is 1. The van der Waals surface area contributed by atoms with Gasteiger partial charge in [-0.1, -0.05) is 43.2 Å². The van der Waals surface area contributed by atoms with Gasteiger partial charge in [-0.2, -0.15) is 0 Å². The standard InChI is InChI=1S/C29H29NO5/c1-18-21-13-23-24(19-7-3-2-4-8-19)17-34-25(23)15-26(21)35-28(32)22(18)14-27(31)30-12-11-29(33)10-6-5-9-20(29)16-30/h2-4,7-8,13,15,17,20,33H,5-6,9-12,14,16H2,1H3/t20-,29+/m0/s1. The minimum absolute atomic E-state index is 0.00419. The molecule has 0 bridgehead atoms. The SMILES string of the molecule is Cc1c(CC(=O)N2CC[C@]3(O)CCCC[C@H]3C2)c(=O)oc2cc3occ(-c4ccccc4)c3cc12. The van der Waals surface area contributed by atoms with E-state index < -0.39 is 11.2 Å². The molecule has 2 fully saturated rings. The molecule has 2 aliphatic rings. The summed E-state index contributed by atoms with van der Waals surface area (Å²) in [5.74, 6) is 0.0376. The molecule has 1 amide bonds. The minimum Gasteiger partial charge on any atom is -0.464 e. The quantitative estimate of drug-likeness (QED) is 0.415. The summed E-state index contributed by atoms with van der Waals surface area (Å²) < 4.78 is 11.4. The summed E-state index contributed by atoms with van der Waals surface area (Å²) in [5, 5.41) is 12.7. The van der Waals surface area contributed by atoms with Crippen molar-refractivity contribution in [2.75, 3.05) is 13.1 Å². The first-order valence-electron chi connectivity index (χ1n) is 12.5. The maximum absolute atomic E-state index is 13.2. The summed E-state index contributed by atoms with van der Waals surface area (Å²) in [5.41, 5.74) is 3.16. The normalized spacial score (nSPS) is 22.5. The Morgan fingerprint density at radius 2 is 1.94 bits per heavy atom. The molecule has 2 atom stereocenters. The lowest BCUT2D eigenvalue weighted by atomic mass is 9.71. The Morgan fingerprint density at radius 1 is 1.11 bits per heavy atom. The van der Waals surface area contributed by atoms with Gasteiger partial charge in [0, 0.05) is 41.4 Å². The van der Waals surface area contributed by atoms with E-state index in [1.165, 1.54) is 0 Å². The van der Waals surface area contributed by atoms with Crippen molar-refractivity contribution in [3.63, 3.8) is 0 Å². The van der Waals surface area contributed by atoms with Crippen LogP contribution in [0.2, 0.25) is 0 Å². The molecule has 180 valence electrons. The highest BCUT2D eigenvalue weighted by Crippen LogP contribution is 2.40. The van der Waals surface area contributed by atoms with Crippen LogP contribution in [-0.4, -0.2) is 34.6 Å². The number of benzene rings is 2. The van der Waals surface area contributed by atoms with Gasteiger partial charge in [-0.25, -0.2) is 4.79 Å². The summed E-state index contributed by atoms with van der Waals surface area (Å²) in [6, 6.07) is 13.7. The van der Waals surface area contributed by atoms with E-state index in [9.17, 15) is 14.7 Å². The average molecular weight is 472 g/mol. The fraction of sp³-hybridized carbons (Fsp3) is 0.379. The molecule has 2 aromatic carbocycles. The average Bonchev–Trinajstić information content (AvgIpc) is 3.28. The van der Waals surface area contributed by atoms with E-state index >= 15 is 0 Å². The Bertz CT molecular complexity index is 1480. The highest BCUT2D eigenvalue weighted by atomic mass is 16.4. The van der Waals surface area contributed by atoms with Crippen molar-refractivity contribution in [1.82, 2.24) is 4.90 Å². The number of aryl methyl sites for hydroxylation is 1. The lowest BCUT2D eigenvalue weighted by molar-refractivity contribution is -0.142. The van der Waals surface area contributed by atoms with Crippen molar-refractivity contribution >= 4 is 27.8 Å². The predicted octanol–water partition coefficient (Wildman–Crippen LogP) is 5.21. The number of hydrogen-bond donors (Lipinski definition) is 1. The highest BCUT2D eigenvalue weighted by Gasteiger charge is 2.43. The first-order valence-corrected chi connectivity index (χ1v) is 12.5. The van der Waals surface area contributed by atoms with Crippen LogP contribution in [0.5, 0.6) is 0 Å². The van der Waals surface area contributed by atoms with E-state index in [4.69, 9.17) is 8.83 Å². The maximum atomic E-state index is 13.2. The summed E-state index contributed by atoms with van der Waals surface area (Å²) in [6.07, 6.45) is 6.24. The Kier molecular flexibility index (Phi) is 5.29. The summed E-state index contributed by atoms with van der Waals surface area (Å²) in [4.78, 5) is 28.0. The third-order valence-electron chi connectivity index (χ3n) is 8.17. The van der Waals surface area contributed by atoms with Gasteiger partial charge in [0.05, 0.1) is 23.8 Å². The summed E-state index contributed by atoms with van der Waals surface area (Å²) >= 11 is 0. The number of nitrogens with zero attached hydrogens (tertiary/aromatic N) is 1. The lowest BCUT2D eigenvalue weighted by Crippen LogP contribution is -2.55. The van der Waals surface area contributed by atoms with E-state index in [0.29, 0.717) is 36.2 Å². The van der Waals surface area contributed by atoms with Gasteiger partial charge < -0.3 is 18.8 Å². The fourth-order valence-electron chi connectivity index (χ4n) is 6.02. The van der Waals surface area contributed by atoms with Crippen LogP contribution in [-0.2, 0) is 11.2 Å². The van der Waals surface area contributed by atoms with Crippen LogP contribution >= 0.6 is 0 Å². The van der Waals surface area contributed by atoms with Gasteiger partial charge in [-0.3, -0.25) is 4.79 Å².